The van der Waals surface area contributed by atoms with Crippen molar-refractivity contribution in [1.82, 2.24) is 14.8 Å². The second kappa shape index (κ2) is 9.78. The smallest absolute Gasteiger partial charge is 0.231 e. The van der Waals surface area contributed by atoms with Crippen LogP contribution >= 0.6 is 0 Å². The molecule has 0 bridgehead atoms. The van der Waals surface area contributed by atoms with E-state index in [0.29, 0.717) is 28.8 Å². The summed E-state index contributed by atoms with van der Waals surface area (Å²) in [7, 11) is 4.01. The number of rotatable bonds is 7. The van der Waals surface area contributed by atoms with E-state index in [1.165, 1.54) is 0 Å². The summed E-state index contributed by atoms with van der Waals surface area (Å²) >= 11 is 0. The topological polar surface area (TPSA) is 93.5 Å². The van der Waals surface area contributed by atoms with Crippen molar-refractivity contribution < 1.29 is 14.3 Å². The van der Waals surface area contributed by atoms with E-state index in [2.05, 4.69) is 26.9 Å². The third kappa shape index (κ3) is 4.69. The Bertz CT molecular complexity index is 1630. The van der Waals surface area contributed by atoms with Crippen LogP contribution in [0.15, 0.2) is 85.1 Å². The highest BCUT2D eigenvalue weighted by atomic mass is 16.7. The van der Waals surface area contributed by atoms with Crippen LogP contribution in [-0.4, -0.2) is 41.6 Å². The molecule has 0 spiro atoms. The van der Waals surface area contributed by atoms with E-state index in [-0.39, 0.29) is 19.1 Å². The van der Waals surface area contributed by atoms with Gasteiger partial charge in [-0.25, -0.2) is 0 Å². The third-order valence-corrected chi connectivity index (χ3v) is 6.33. The van der Waals surface area contributed by atoms with Crippen LogP contribution < -0.4 is 25.0 Å². The molecule has 190 valence electrons. The standard InChI is InChI=1S/C29H26N6O3/c1-34(2)22-7-5-6-20(15-22)30-27-12-13-28(33-32-27)35-17-19(23-8-3-4-9-24(23)35)14-29(36)31-21-10-11-25-26(16-21)38-18-37-25/h3-13,15-17H,14,18H2,1-2H3,(H,30,32)(H,31,36). The van der Waals surface area contributed by atoms with Crippen LogP contribution in [0.1, 0.15) is 5.56 Å². The highest BCUT2D eigenvalue weighted by Crippen LogP contribution is 2.34. The van der Waals surface area contributed by atoms with Gasteiger partial charge in [0.05, 0.1) is 11.9 Å². The quantitative estimate of drug-likeness (QED) is 0.316. The van der Waals surface area contributed by atoms with Crippen LogP contribution in [0.2, 0.25) is 0 Å². The van der Waals surface area contributed by atoms with Gasteiger partial charge in [-0.05, 0) is 54.1 Å². The van der Waals surface area contributed by atoms with E-state index < -0.39 is 0 Å². The maximum atomic E-state index is 12.9. The van der Waals surface area contributed by atoms with Gasteiger partial charge < -0.3 is 25.0 Å². The minimum absolute atomic E-state index is 0.127. The summed E-state index contributed by atoms with van der Waals surface area (Å²) in [6.45, 7) is 0.190. The first kappa shape index (κ1) is 23.4. The molecule has 9 heteroatoms. The average Bonchev–Trinajstić information content (AvgIpc) is 3.54. The summed E-state index contributed by atoms with van der Waals surface area (Å²) < 4.78 is 12.7. The number of carbonyl (C=O) groups excluding carboxylic acids is 1. The van der Waals surface area contributed by atoms with Crippen molar-refractivity contribution in [1.29, 1.82) is 0 Å². The predicted molar refractivity (Wildman–Crippen MR) is 148 cm³/mol. The minimum atomic E-state index is -0.127. The SMILES string of the molecule is CN(C)c1cccc(Nc2ccc(-n3cc(CC(=O)Nc4ccc5c(c4)OCO5)c4ccccc43)nn2)c1. The van der Waals surface area contributed by atoms with Crippen LogP contribution in [0.5, 0.6) is 11.5 Å². The Morgan fingerprint density at radius 3 is 2.63 bits per heavy atom. The molecule has 2 N–H and O–H groups in total. The zero-order chi connectivity index (χ0) is 26.1. The molecule has 1 aliphatic heterocycles. The fourth-order valence-corrected chi connectivity index (χ4v) is 4.46. The summed E-state index contributed by atoms with van der Waals surface area (Å²) in [5.74, 6) is 2.48. The molecule has 0 radical (unpaired) electrons. The van der Waals surface area contributed by atoms with Crippen molar-refractivity contribution in [3.05, 3.63) is 90.6 Å². The lowest BCUT2D eigenvalue weighted by molar-refractivity contribution is -0.115. The molecule has 3 heterocycles. The lowest BCUT2D eigenvalue weighted by atomic mass is 10.1. The first-order valence-electron chi connectivity index (χ1n) is 12.2. The van der Waals surface area contributed by atoms with Crippen molar-refractivity contribution in [2.24, 2.45) is 0 Å². The van der Waals surface area contributed by atoms with Crippen LogP contribution in [-0.2, 0) is 11.2 Å². The van der Waals surface area contributed by atoms with Crippen LogP contribution in [0.25, 0.3) is 16.7 Å². The molecule has 0 fully saturated rings. The Labute approximate surface area is 219 Å². The molecule has 0 saturated carbocycles. The fraction of sp³-hybridized carbons (Fsp3) is 0.138. The van der Waals surface area contributed by atoms with Gasteiger partial charge in [0, 0.05) is 48.8 Å². The summed E-state index contributed by atoms with van der Waals surface area (Å²) in [5, 5.41) is 16.1. The molecule has 1 aliphatic rings. The molecule has 2 aromatic heterocycles. The summed E-state index contributed by atoms with van der Waals surface area (Å²) in [6, 6.07) is 25.2. The van der Waals surface area contributed by atoms with E-state index in [4.69, 9.17) is 9.47 Å². The van der Waals surface area contributed by atoms with Crippen LogP contribution in [0, 0.1) is 0 Å². The third-order valence-electron chi connectivity index (χ3n) is 6.33. The Kier molecular flexibility index (Phi) is 6.01. The molecule has 6 rings (SSSR count). The summed E-state index contributed by atoms with van der Waals surface area (Å²) in [5.41, 5.74) is 4.53. The van der Waals surface area contributed by atoms with Gasteiger partial charge >= 0.3 is 0 Å². The Morgan fingerprint density at radius 1 is 0.921 bits per heavy atom. The monoisotopic (exact) mass is 506 g/mol. The van der Waals surface area contributed by atoms with Gasteiger partial charge in [0.25, 0.3) is 0 Å². The Balaban J connectivity index is 1.21. The number of anilines is 4. The second-order valence-corrected chi connectivity index (χ2v) is 9.18. The number of carbonyl (C=O) groups is 1. The molecule has 0 unspecified atom stereocenters. The molecule has 3 aromatic carbocycles. The van der Waals surface area contributed by atoms with E-state index in [0.717, 1.165) is 27.8 Å². The zero-order valence-electron chi connectivity index (χ0n) is 21.0. The van der Waals surface area contributed by atoms with Crippen molar-refractivity contribution in [3.8, 4) is 17.3 Å². The van der Waals surface area contributed by atoms with Gasteiger partial charge in [-0.15, -0.1) is 10.2 Å². The summed E-state index contributed by atoms with van der Waals surface area (Å²) in [4.78, 5) is 15.0. The fourth-order valence-electron chi connectivity index (χ4n) is 4.46. The van der Waals surface area contributed by atoms with Gasteiger partial charge in [-0.3, -0.25) is 9.36 Å². The number of para-hydroxylation sites is 1. The van der Waals surface area contributed by atoms with Crippen molar-refractivity contribution in [2.75, 3.05) is 36.4 Å². The molecule has 1 amide bonds. The number of benzene rings is 3. The second-order valence-electron chi connectivity index (χ2n) is 9.18. The van der Waals surface area contributed by atoms with Gasteiger partial charge in [-0.2, -0.15) is 0 Å². The number of hydrogen-bond donors (Lipinski definition) is 2. The number of hydrogen-bond acceptors (Lipinski definition) is 7. The molecule has 0 atom stereocenters. The largest absolute Gasteiger partial charge is 0.454 e. The average molecular weight is 507 g/mol. The van der Waals surface area contributed by atoms with Gasteiger partial charge in [0.2, 0.25) is 12.7 Å². The predicted octanol–water partition coefficient (Wildman–Crippen LogP) is 5.14. The van der Waals surface area contributed by atoms with E-state index in [1.807, 2.05) is 84.4 Å². The molecule has 9 nitrogen and oxygen atoms in total. The van der Waals surface area contributed by atoms with E-state index >= 15 is 0 Å². The van der Waals surface area contributed by atoms with Gasteiger partial charge in [0.1, 0.15) is 0 Å². The number of amides is 1. The molecule has 0 saturated heterocycles. The Hall–Kier alpha value is -5.05. The van der Waals surface area contributed by atoms with Crippen LogP contribution in [0.4, 0.5) is 22.9 Å². The maximum Gasteiger partial charge on any atom is 0.231 e. The Morgan fingerprint density at radius 2 is 1.79 bits per heavy atom. The lowest BCUT2D eigenvalue weighted by Crippen LogP contribution is -2.14. The minimum Gasteiger partial charge on any atom is -0.454 e. The van der Waals surface area contributed by atoms with Crippen LogP contribution in [0.3, 0.4) is 0 Å². The first-order chi connectivity index (χ1) is 18.5. The van der Waals surface area contributed by atoms with Gasteiger partial charge in [-0.1, -0.05) is 24.3 Å². The summed E-state index contributed by atoms with van der Waals surface area (Å²) in [6.07, 6.45) is 2.15. The maximum absolute atomic E-state index is 12.9. The van der Waals surface area contributed by atoms with E-state index in [9.17, 15) is 4.79 Å². The lowest BCUT2D eigenvalue weighted by Gasteiger charge is -2.14. The molecule has 38 heavy (non-hydrogen) atoms. The zero-order valence-corrected chi connectivity index (χ0v) is 21.0. The normalized spacial score (nSPS) is 11.9. The molecule has 5 aromatic rings. The van der Waals surface area contributed by atoms with E-state index in [1.54, 1.807) is 18.2 Å². The highest BCUT2D eigenvalue weighted by molar-refractivity contribution is 5.96. The number of fused-ring (bicyclic) bond motifs is 2. The number of nitrogens with zero attached hydrogens (tertiary/aromatic N) is 4. The molecule has 0 aliphatic carbocycles. The number of nitrogens with one attached hydrogen (secondary N) is 2. The molecular weight excluding hydrogens is 480 g/mol. The molecular formula is C29H26N6O3. The van der Waals surface area contributed by atoms with Crippen molar-refractivity contribution in [3.63, 3.8) is 0 Å². The van der Waals surface area contributed by atoms with Crippen molar-refractivity contribution >= 4 is 39.7 Å². The highest BCUT2D eigenvalue weighted by Gasteiger charge is 2.17. The first-order valence-corrected chi connectivity index (χ1v) is 12.2. The van der Waals surface area contributed by atoms with Gasteiger partial charge in [0.15, 0.2) is 23.1 Å². The number of ether oxygens (including phenoxy) is 2. The number of aromatic nitrogens is 3. The van der Waals surface area contributed by atoms with Crippen molar-refractivity contribution in [2.45, 2.75) is 6.42 Å².